The van der Waals surface area contributed by atoms with Crippen LogP contribution in [0.3, 0.4) is 0 Å². The van der Waals surface area contributed by atoms with Gasteiger partial charge in [-0.3, -0.25) is 0 Å². The molecule has 1 fully saturated rings. The molecule has 0 aromatic rings. The highest BCUT2D eigenvalue weighted by molar-refractivity contribution is 5.19. The van der Waals surface area contributed by atoms with Gasteiger partial charge < -0.3 is 0 Å². The van der Waals surface area contributed by atoms with Crippen molar-refractivity contribution in [2.75, 3.05) is 0 Å². The van der Waals surface area contributed by atoms with E-state index in [1.807, 2.05) is 0 Å². The Kier molecular flexibility index (Phi) is 2.80. The van der Waals surface area contributed by atoms with Crippen molar-refractivity contribution in [3.63, 3.8) is 0 Å². The number of hydrogen-bond donors (Lipinski definition) is 0. The van der Waals surface area contributed by atoms with Crippen molar-refractivity contribution >= 4 is 0 Å². The highest BCUT2D eigenvalue weighted by atomic mass is 14.4. The number of rotatable bonds is 1. The third-order valence-electron chi connectivity index (χ3n) is 4.05. The molecule has 14 heavy (non-hydrogen) atoms. The predicted octanol–water partition coefficient (Wildman–Crippen LogP) is 4.34. The van der Waals surface area contributed by atoms with E-state index in [2.05, 4.69) is 26.5 Å². The van der Waals surface area contributed by atoms with Crippen LogP contribution in [0.15, 0.2) is 23.8 Å². The minimum Gasteiger partial charge on any atom is -0.0995 e. The van der Waals surface area contributed by atoms with E-state index in [1.165, 1.54) is 37.7 Å². The maximum absolute atomic E-state index is 4.16. The van der Waals surface area contributed by atoms with Crippen molar-refractivity contribution in [2.24, 2.45) is 17.8 Å². The van der Waals surface area contributed by atoms with Crippen molar-refractivity contribution < 1.29 is 0 Å². The first-order valence-electron chi connectivity index (χ1n) is 6.01. The lowest BCUT2D eigenvalue weighted by atomic mass is 9.65. The Labute approximate surface area is 88.1 Å². The maximum atomic E-state index is 4.16. The fraction of sp³-hybridized carbons (Fsp3) is 0.714. The molecule has 0 radical (unpaired) electrons. The van der Waals surface area contributed by atoms with Crippen molar-refractivity contribution in [1.82, 2.24) is 0 Å². The summed E-state index contributed by atoms with van der Waals surface area (Å²) in [6.07, 6.45) is 9.63. The molecule has 2 aliphatic rings. The van der Waals surface area contributed by atoms with Crippen LogP contribution in [0.5, 0.6) is 0 Å². The van der Waals surface area contributed by atoms with Crippen LogP contribution in [-0.2, 0) is 0 Å². The second-order valence-electron chi connectivity index (χ2n) is 5.30. The van der Waals surface area contributed by atoms with E-state index < -0.39 is 0 Å². The smallest absolute Gasteiger partial charge is 0.000489 e. The van der Waals surface area contributed by atoms with Crippen LogP contribution in [0, 0.1) is 17.8 Å². The highest BCUT2D eigenvalue weighted by Gasteiger charge is 2.33. The normalized spacial score (nSPS) is 37.3. The average molecular weight is 190 g/mol. The van der Waals surface area contributed by atoms with E-state index in [4.69, 9.17) is 0 Å². The molecule has 0 heteroatoms. The Morgan fingerprint density at radius 2 is 2.07 bits per heavy atom. The SMILES string of the molecule is C=C(C)[C@@H]1C=C(C)C[C@@H]2CCCC[C@@H]21. The molecule has 3 atom stereocenters. The molecule has 1 saturated carbocycles. The van der Waals surface area contributed by atoms with Crippen LogP contribution < -0.4 is 0 Å². The van der Waals surface area contributed by atoms with E-state index in [0.717, 1.165) is 11.8 Å². The second kappa shape index (κ2) is 3.92. The van der Waals surface area contributed by atoms with Crippen molar-refractivity contribution in [3.8, 4) is 0 Å². The summed E-state index contributed by atoms with van der Waals surface area (Å²) < 4.78 is 0. The molecule has 0 nitrogen and oxygen atoms in total. The summed E-state index contributed by atoms with van der Waals surface area (Å²) in [6, 6.07) is 0. The first kappa shape index (κ1) is 10.0. The fourth-order valence-electron chi connectivity index (χ4n) is 3.38. The summed E-state index contributed by atoms with van der Waals surface area (Å²) >= 11 is 0. The van der Waals surface area contributed by atoms with Crippen LogP contribution in [-0.4, -0.2) is 0 Å². The molecule has 0 aliphatic heterocycles. The van der Waals surface area contributed by atoms with Gasteiger partial charge >= 0.3 is 0 Å². The van der Waals surface area contributed by atoms with Gasteiger partial charge in [0, 0.05) is 5.92 Å². The highest BCUT2D eigenvalue weighted by Crippen LogP contribution is 2.44. The molecule has 0 aromatic carbocycles. The first-order valence-corrected chi connectivity index (χ1v) is 6.01. The van der Waals surface area contributed by atoms with E-state index in [-0.39, 0.29) is 0 Å². The third kappa shape index (κ3) is 1.80. The van der Waals surface area contributed by atoms with E-state index in [0.29, 0.717) is 5.92 Å². The Morgan fingerprint density at radius 1 is 1.36 bits per heavy atom. The monoisotopic (exact) mass is 190 g/mol. The van der Waals surface area contributed by atoms with E-state index >= 15 is 0 Å². The summed E-state index contributed by atoms with van der Waals surface area (Å²) in [5, 5.41) is 0. The zero-order chi connectivity index (χ0) is 10.1. The topological polar surface area (TPSA) is 0 Å². The van der Waals surface area contributed by atoms with Gasteiger partial charge in [-0.05, 0) is 44.9 Å². The van der Waals surface area contributed by atoms with Gasteiger partial charge in [0.2, 0.25) is 0 Å². The molecule has 2 aliphatic carbocycles. The van der Waals surface area contributed by atoms with E-state index in [1.54, 1.807) is 5.57 Å². The summed E-state index contributed by atoms with van der Waals surface area (Å²) in [5.74, 6) is 2.58. The standard InChI is InChI=1S/C14H22/c1-10(2)14-9-11(3)8-12-6-4-5-7-13(12)14/h9,12-14H,1,4-8H2,2-3H3/t12-,13-,14-/m0/s1. The molecule has 0 spiro atoms. The first-order chi connectivity index (χ1) is 6.68. The summed E-state index contributed by atoms with van der Waals surface area (Å²) in [4.78, 5) is 0. The molecule has 0 amide bonds. The van der Waals surface area contributed by atoms with Crippen molar-refractivity contribution in [1.29, 1.82) is 0 Å². The molecular formula is C14H22. The van der Waals surface area contributed by atoms with Crippen LogP contribution in [0.25, 0.3) is 0 Å². The van der Waals surface area contributed by atoms with Gasteiger partial charge in [-0.15, -0.1) is 0 Å². The number of hydrogen-bond acceptors (Lipinski definition) is 0. The Balaban J connectivity index is 2.21. The molecule has 2 rings (SSSR count). The number of fused-ring (bicyclic) bond motifs is 1. The van der Waals surface area contributed by atoms with Gasteiger partial charge in [0.05, 0.1) is 0 Å². The Bertz CT molecular complexity index is 259. The van der Waals surface area contributed by atoms with Crippen molar-refractivity contribution in [2.45, 2.75) is 46.0 Å². The Morgan fingerprint density at radius 3 is 2.79 bits per heavy atom. The summed E-state index contributed by atoms with van der Waals surface area (Å²) in [6.45, 7) is 8.65. The van der Waals surface area contributed by atoms with Gasteiger partial charge in [0.15, 0.2) is 0 Å². The van der Waals surface area contributed by atoms with Crippen molar-refractivity contribution in [3.05, 3.63) is 23.8 Å². The fourth-order valence-corrected chi connectivity index (χ4v) is 3.38. The Hall–Kier alpha value is -0.520. The predicted molar refractivity (Wildman–Crippen MR) is 62.1 cm³/mol. The molecule has 0 aromatic heterocycles. The lowest BCUT2D eigenvalue weighted by Gasteiger charge is -2.40. The lowest BCUT2D eigenvalue weighted by Crippen LogP contribution is -2.30. The van der Waals surface area contributed by atoms with Crippen LogP contribution >= 0.6 is 0 Å². The van der Waals surface area contributed by atoms with Gasteiger partial charge in [0.1, 0.15) is 0 Å². The zero-order valence-corrected chi connectivity index (χ0v) is 9.55. The van der Waals surface area contributed by atoms with Crippen LogP contribution in [0.4, 0.5) is 0 Å². The molecule has 0 bridgehead atoms. The average Bonchev–Trinajstić information content (AvgIpc) is 2.16. The maximum Gasteiger partial charge on any atom is 0.000489 e. The minimum atomic E-state index is 0.689. The number of allylic oxidation sites excluding steroid dienone is 3. The van der Waals surface area contributed by atoms with Gasteiger partial charge in [-0.25, -0.2) is 0 Å². The molecule has 0 saturated heterocycles. The molecule has 0 N–H and O–H groups in total. The molecular weight excluding hydrogens is 168 g/mol. The van der Waals surface area contributed by atoms with E-state index in [9.17, 15) is 0 Å². The lowest BCUT2D eigenvalue weighted by molar-refractivity contribution is 0.188. The molecule has 0 heterocycles. The zero-order valence-electron chi connectivity index (χ0n) is 9.55. The van der Waals surface area contributed by atoms with Gasteiger partial charge in [-0.2, -0.15) is 0 Å². The quantitative estimate of drug-likeness (QED) is 0.540. The summed E-state index contributed by atoms with van der Waals surface area (Å²) in [7, 11) is 0. The largest absolute Gasteiger partial charge is 0.0995 e. The minimum absolute atomic E-state index is 0.689. The van der Waals surface area contributed by atoms with Gasteiger partial charge in [-0.1, -0.05) is 36.6 Å². The third-order valence-corrected chi connectivity index (χ3v) is 4.05. The molecule has 78 valence electrons. The second-order valence-corrected chi connectivity index (χ2v) is 5.30. The van der Waals surface area contributed by atoms with Crippen LogP contribution in [0.2, 0.25) is 0 Å². The molecule has 0 unspecified atom stereocenters. The van der Waals surface area contributed by atoms with Gasteiger partial charge in [0.25, 0.3) is 0 Å². The van der Waals surface area contributed by atoms with Crippen LogP contribution in [0.1, 0.15) is 46.0 Å². The summed E-state index contributed by atoms with van der Waals surface area (Å²) in [5.41, 5.74) is 2.97.